The molecule has 6 nitrogen and oxygen atoms in total. The first-order valence-corrected chi connectivity index (χ1v) is 7.66. The molecule has 0 saturated carbocycles. The topological polar surface area (TPSA) is 68.5 Å². The molecule has 1 amide bonds. The highest BCUT2D eigenvalue weighted by atomic mass is 35.5. The molecule has 0 aliphatic rings. The fourth-order valence-electron chi connectivity index (χ4n) is 2.02. The number of halogens is 1. The summed E-state index contributed by atoms with van der Waals surface area (Å²) in [4.78, 5) is 18.5. The molecule has 0 bridgehead atoms. The van der Waals surface area contributed by atoms with Gasteiger partial charge in [-0.3, -0.25) is 10.1 Å². The minimum absolute atomic E-state index is 0.251. The molecular weight excluding hydrogens is 324 g/mol. The van der Waals surface area contributed by atoms with Crippen molar-refractivity contribution in [3.05, 3.63) is 39.4 Å². The number of nitrogens with one attached hydrogen (secondary N) is 1. The second-order valence-electron chi connectivity index (χ2n) is 4.67. The van der Waals surface area contributed by atoms with Gasteiger partial charge in [0.05, 0.1) is 18.4 Å². The van der Waals surface area contributed by atoms with Gasteiger partial charge < -0.3 is 4.74 Å². The lowest BCUT2D eigenvalue weighted by Gasteiger charge is -2.07. The number of hydrogen-bond donors (Lipinski definition) is 1. The number of methoxy groups -OCH3 is 1. The van der Waals surface area contributed by atoms with E-state index in [9.17, 15) is 4.79 Å². The van der Waals surface area contributed by atoms with Crippen molar-refractivity contribution in [1.82, 2.24) is 14.6 Å². The van der Waals surface area contributed by atoms with E-state index in [1.807, 2.05) is 13.8 Å². The zero-order chi connectivity index (χ0) is 15.9. The number of aromatic nitrogens is 3. The van der Waals surface area contributed by atoms with Crippen molar-refractivity contribution in [3.8, 4) is 5.75 Å². The summed E-state index contributed by atoms with van der Waals surface area (Å²) in [5.74, 6) is 0.323. The molecule has 0 unspecified atom stereocenters. The Hall–Kier alpha value is -2.12. The maximum absolute atomic E-state index is 12.4. The van der Waals surface area contributed by atoms with Crippen LogP contribution < -0.4 is 10.1 Å². The number of carbonyl (C=O) groups is 1. The lowest BCUT2D eigenvalue weighted by atomic mass is 10.2. The fourth-order valence-corrected chi connectivity index (χ4v) is 3.10. The number of benzene rings is 1. The second kappa shape index (κ2) is 5.58. The van der Waals surface area contributed by atoms with Crippen LogP contribution >= 0.6 is 22.9 Å². The number of ether oxygens (including phenoxy) is 1. The number of fused-ring (bicyclic) bond motifs is 1. The lowest BCUT2D eigenvalue weighted by Crippen LogP contribution is -2.14. The van der Waals surface area contributed by atoms with Crippen LogP contribution in [-0.4, -0.2) is 27.6 Å². The minimum Gasteiger partial charge on any atom is -0.496 e. The molecule has 114 valence electrons. The average molecular weight is 337 g/mol. The number of carbonyl (C=O) groups excluding carboxylic acids is 1. The number of anilines is 1. The molecule has 0 radical (unpaired) electrons. The Labute approximate surface area is 135 Å². The standard InChI is InChI=1S/C14H13ClN4O2S/c1-7-8(2)22-14-17-13(18-19(7)14)16-12(20)10-6-9(15)4-5-11(10)21-3/h4-6H,1-3H3,(H,16,18,20). The van der Waals surface area contributed by atoms with Crippen molar-refractivity contribution in [3.63, 3.8) is 0 Å². The molecule has 3 aromatic rings. The summed E-state index contributed by atoms with van der Waals surface area (Å²) in [5, 5.41) is 7.41. The zero-order valence-electron chi connectivity index (χ0n) is 12.2. The molecule has 22 heavy (non-hydrogen) atoms. The third kappa shape index (κ3) is 2.53. The Morgan fingerprint density at radius 3 is 2.86 bits per heavy atom. The molecule has 3 rings (SSSR count). The van der Waals surface area contributed by atoms with Crippen molar-refractivity contribution >= 4 is 39.8 Å². The molecule has 0 saturated heterocycles. The Balaban J connectivity index is 1.91. The molecule has 2 heterocycles. The summed E-state index contributed by atoms with van der Waals surface area (Å²) in [7, 11) is 1.50. The van der Waals surface area contributed by atoms with E-state index in [0.29, 0.717) is 16.3 Å². The Bertz CT molecular complexity index is 871. The molecule has 2 aromatic heterocycles. The number of hydrogen-bond acceptors (Lipinski definition) is 5. The van der Waals surface area contributed by atoms with Gasteiger partial charge in [0.25, 0.3) is 11.9 Å². The highest BCUT2D eigenvalue weighted by molar-refractivity contribution is 7.17. The van der Waals surface area contributed by atoms with E-state index in [4.69, 9.17) is 16.3 Å². The number of amides is 1. The maximum atomic E-state index is 12.4. The van der Waals surface area contributed by atoms with Crippen molar-refractivity contribution in [2.24, 2.45) is 0 Å². The van der Waals surface area contributed by atoms with E-state index in [2.05, 4.69) is 15.4 Å². The van der Waals surface area contributed by atoms with Gasteiger partial charge in [-0.25, -0.2) is 4.52 Å². The molecule has 8 heteroatoms. The van der Waals surface area contributed by atoms with Crippen LogP contribution in [0.25, 0.3) is 4.96 Å². The van der Waals surface area contributed by atoms with Crippen LogP contribution in [0.5, 0.6) is 5.75 Å². The summed E-state index contributed by atoms with van der Waals surface area (Å²) in [6.07, 6.45) is 0. The van der Waals surface area contributed by atoms with E-state index in [1.165, 1.54) is 18.4 Å². The van der Waals surface area contributed by atoms with Gasteiger partial charge in [-0.2, -0.15) is 4.98 Å². The van der Waals surface area contributed by atoms with Gasteiger partial charge >= 0.3 is 0 Å². The summed E-state index contributed by atoms with van der Waals surface area (Å²) in [5.41, 5.74) is 1.34. The normalized spacial score (nSPS) is 10.9. The Morgan fingerprint density at radius 1 is 1.41 bits per heavy atom. The van der Waals surface area contributed by atoms with Gasteiger partial charge in [0, 0.05) is 9.90 Å². The zero-order valence-corrected chi connectivity index (χ0v) is 13.7. The quantitative estimate of drug-likeness (QED) is 0.796. The SMILES string of the molecule is COc1ccc(Cl)cc1C(=O)Nc1nc2sc(C)c(C)n2n1. The molecule has 1 N–H and O–H groups in total. The van der Waals surface area contributed by atoms with Crippen molar-refractivity contribution in [2.45, 2.75) is 13.8 Å². The van der Waals surface area contributed by atoms with Gasteiger partial charge in [-0.05, 0) is 32.0 Å². The van der Waals surface area contributed by atoms with Crippen LogP contribution in [0.3, 0.4) is 0 Å². The smallest absolute Gasteiger partial charge is 0.261 e. The van der Waals surface area contributed by atoms with Gasteiger partial charge in [0.15, 0.2) is 0 Å². The first kappa shape index (κ1) is 14.8. The third-order valence-corrected chi connectivity index (χ3v) is 4.56. The molecule has 0 fully saturated rings. The van der Waals surface area contributed by atoms with E-state index in [0.717, 1.165) is 15.5 Å². The summed E-state index contributed by atoms with van der Waals surface area (Å²) >= 11 is 7.46. The van der Waals surface area contributed by atoms with Crippen LogP contribution in [0.15, 0.2) is 18.2 Å². The van der Waals surface area contributed by atoms with E-state index in [1.54, 1.807) is 22.7 Å². The molecule has 0 aliphatic carbocycles. The van der Waals surface area contributed by atoms with Crippen molar-refractivity contribution < 1.29 is 9.53 Å². The lowest BCUT2D eigenvalue weighted by molar-refractivity contribution is 0.102. The molecule has 0 spiro atoms. The summed E-state index contributed by atoms with van der Waals surface area (Å²) in [6.45, 7) is 3.96. The van der Waals surface area contributed by atoms with Crippen LogP contribution in [0, 0.1) is 13.8 Å². The number of thiazole rings is 1. The van der Waals surface area contributed by atoms with Crippen LogP contribution in [0.1, 0.15) is 20.9 Å². The summed E-state index contributed by atoms with van der Waals surface area (Å²) < 4.78 is 6.89. The first-order chi connectivity index (χ1) is 10.5. The highest BCUT2D eigenvalue weighted by Crippen LogP contribution is 2.24. The highest BCUT2D eigenvalue weighted by Gasteiger charge is 2.17. The van der Waals surface area contributed by atoms with E-state index >= 15 is 0 Å². The third-order valence-electron chi connectivity index (χ3n) is 3.28. The largest absolute Gasteiger partial charge is 0.496 e. The van der Waals surface area contributed by atoms with Gasteiger partial charge in [-0.1, -0.05) is 22.9 Å². The van der Waals surface area contributed by atoms with Gasteiger partial charge in [0.1, 0.15) is 5.75 Å². The van der Waals surface area contributed by atoms with Crippen LogP contribution in [0.2, 0.25) is 5.02 Å². The number of rotatable bonds is 3. The minimum atomic E-state index is -0.369. The predicted octanol–water partition coefficient (Wildman–Crippen LogP) is 3.32. The maximum Gasteiger partial charge on any atom is 0.261 e. The van der Waals surface area contributed by atoms with E-state index < -0.39 is 0 Å². The molecule has 0 aliphatic heterocycles. The molecular formula is C14H13ClN4O2S. The molecule has 1 aromatic carbocycles. The van der Waals surface area contributed by atoms with Crippen molar-refractivity contribution in [2.75, 3.05) is 12.4 Å². The Kier molecular flexibility index (Phi) is 3.76. The average Bonchev–Trinajstić information content (AvgIpc) is 2.98. The van der Waals surface area contributed by atoms with Gasteiger partial charge in [-0.15, -0.1) is 5.10 Å². The van der Waals surface area contributed by atoms with Gasteiger partial charge in [0.2, 0.25) is 4.96 Å². The van der Waals surface area contributed by atoms with Crippen LogP contribution in [-0.2, 0) is 0 Å². The van der Waals surface area contributed by atoms with E-state index in [-0.39, 0.29) is 11.9 Å². The molecule has 0 atom stereocenters. The van der Waals surface area contributed by atoms with Crippen LogP contribution in [0.4, 0.5) is 5.95 Å². The Morgan fingerprint density at radius 2 is 2.18 bits per heavy atom. The number of nitrogens with zero attached hydrogens (tertiary/aromatic N) is 3. The summed E-state index contributed by atoms with van der Waals surface area (Å²) in [6, 6.07) is 4.85. The van der Waals surface area contributed by atoms with Crippen molar-refractivity contribution in [1.29, 1.82) is 0 Å². The monoisotopic (exact) mass is 336 g/mol. The predicted molar refractivity (Wildman–Crippen MR) is 86.3 cm³/mol. The fraction of sp³-hybridized carbons (Fsp3) is 0.214. The first-order valence-electron chi connectivity index (χ1n) is 6.47. The second-order valence-corrected chi connectivity index (χ2v) is 6.29. The number of aryl methyl sites for hydroxylation is 2.